The average Bonchev–Trinajstić information content (AvgIpc) is 2.83. The highest BCUT2D eigenvalue weighted by atomic mass is 32.2. The zero-order chi connectivity index (χ0) is 14.4. The summed E-state index contributed by atoms with van der Waals surface area (Å²) >= 11 is 0.968. The maximum Gasteiger partial charge on any atom is 0.290 e. The third-order valence-electron chi connectivity index (χ3n) is 3.57. The smallest absolute Gasteiger partial charge is 0.282 e. The van der Waals surface area contributed by atoms with Crippen LogP contribution in [0.15, 0.2) is 41.3 Å². The number of hydrogen-bond acceptors (Lipinski definition) is 4. The van der Waals surface area contributed by atoms with Gasteiger partial charge in [0.2, 0.25) is 0 Å². The highest BCUT2D eigenvalue weighted by molar-refractivity contribution is 8.18. The van der Waals surface area contributed by atoms with Gasteiger partial charge in [-0.25, -0.2) is 4.98 Å². The van der Waals surface area contributed by atoms with Crippen LogP contribution in [-0.4, -0.2) is 16.1 Å². The van der Waals surface area contributed by atoms with E-state index in [0.29, 0.717) is 11.3 Å². The van der Waals surface area contributed by atoms with Gasteiger partial charge in [0, 0.05) is 10.9 Å². The monoisotopic (exact) mass is 294 g/mol. The van der Waals surface area contributed by atoms with Gasteiger partial charge in [0.1, 0.15) is 0 Å². The van der Waals surface area contributed by atoms with E-state index in [2.05, 4.69) is 10.3 Å². The molecular formula is C16H10N2O2S. The van der Waals surface area contributed by atoms with E-state index in [9.17, 15) is 9.59 Å². The van der Waals surface area contributed by atoms with Crippen molar-refractivity contribution in [3.05, 3.63) is 52.6 Å². The van der Waals surface area contributed by atoms with Crippen molar-refractivity contribution in [3.8, 4) is 0 Å². The van der Waals surface area contributed by atoms with Gasteiger partial charge in [0.05, 0.1) is 16.1 Å². The largest absolute Gasteiger partial charge is 0.290 e. The third-order valence-corrected chi connectivity index (χ3v) is 4.49. The van der Waals surface area contributed by atoms with Crippen LogP contribution in [0.4, 0.5) is 4.79 Å². The van der Waals surface area contributed by atoms with Gasteiger partial charge in [0.15, 0.2) is 0 Å². The second kappa shape index (κ2) is 4.56. The average molecular weight is 294 g/mol. The van der Waals surface area contributed by atoms with Crippen molar-refractivity contribution in [2.24, 2.45) is 0 Å². The molecule has 0 bridgehead atoms. The molecule has 1 saturated heterocycles. The molecule has 1 aliphatic carbocycles. The molecule has 102 valence electrons. The molecule has 0 spiro atoms. The number of amides is 2. The Balaban J connectivity index is 1.98. The van der Waals surface area contributed by atoms with Gasteiger partial charge in [-0.15, -0.1) is 0 Å². The summed E-state index contributed by atoms with van der Waals surface area (Å²) < 4.78 is 0. The molecule has 2 amide bonds. The Bertz CT molecular complexity index is 868. The predicted octanol–water partition coefficient (Wildman–Crippen LogP) is 3.35. The maximum absolute atomic E-state index is 11.9. The molecule has 1 aromatic carbocycles. The van der Waals surface area contributed by atoms with Gasteiger partial charge in [-0.3, -0.25) is 14.9 Å². The predicted molar refractivity (Wildman–Crippen MR) is 83.4 cm³/mol. The molecule has 2 aliphatic rings. The number of allylic oxidation sites excluding steroid dienone is 2. The minimum absolute atomic E-state index is 0.311. The summed E-state index contributed by atoms with van der Waals surface area (Å²) in [7, 11) is 0. The van der Waals surface area contributed by atoms with E-state index >= 15 is 0 Å². The van der Waals surface area contributed by atoms with E-state index in [1.54, 1.807) is 0 Å². The number of nitrogens with one attached hydrogen (secondary N) is 1. The summed E-state index contributed by atoms with van der Waals surface area (Å²) in [5, 5.41) is 3.03. The van der Waals surface area contributed by atoms with Crippen LogP contribution in [-0.2, 0) is 4.79 Å². The van der Waals surface area contributed by atoms with E-state index in [4.69, 9.17) is 0 Å². The minimum Gasteiger partial charge on any atom is -0.282 e. The Kier molecular flexibility index (Phi) is 2.68. The SMILES string of the molecule is O=C1NC(=O)C(=C2CC=Cc3nc4ccccc4cc32)S1. The highest BCUT2D eigenvalue weighted by Gasteiger charge is 2.30. The summed E-state index contributed by atoms with van der Waals surface area (Å²) in [6.45, 7) is 0. The number of para-hydroxylation sites is 1. The number of carbonyl (C=O) groups is 2. The van der Waals surface area contributed by atoms with Gasteiger partial charge < -0.3 is 0 Å². The van der Waals surface area contributed by atoms with Crippen LogP contribution in [0.2, 0.25) is 0 Å². The van der Waals surface area contributed by atoms with E-state index in [1.807, 2.05) is 42.5 Å². The van der Waals surface area contributed by atoms with Gasteiger partial charge >= 0.3 is 0 Å². The molecule has 5 heteroatoms. The lowest BCUT2D eigenvalue weighted by atomic mass is 9.94. The van der Waals surface area contributed by atoms with Crippen LogP contribution >= 0.6 is 11.8 Å². The normalized spacial score (nSPS) is 20.8. The fourth-order valence-corrected chi connectivity index (χ4v) is 3.41. The Labute approximate surface area is 124 Å². The zero-order valence-corrected chi connectivity index (χ0v) is 11.7. The molecule has 1 fully saturated rings. The van der Waals surface area contributed by atoms with Crippen LogP contribution in [0.3, 0.4) is 0 Å². The minimum atomic E-state index is -0.313. The fourth-order valence-electron chi connectivity index (χ4n) is 2.63. The fraction of sp³-hybridized carbons (Fsp3) is 0.0625. The van der Waals surface area contributed by atoms with Crippen molar-refractivity contribution < 1.29 is 9.59 Å². The van der Waals surface area contributed by atoms with Crippen LogP contribution < -0.4 is 5.32 Å². The Morgan fingerprint density at radius 1 is 1.19 bits per heavy atom. The summed E-state index contributed by atoms with van der Waals surface area (Å²) in [6, 6.07) is 9.91. The first kappa shape index (κ1) is 12.3. The van der Waals surface area contributed by atoms with E-state index in [-0.39, 0.29) is 11.1 Å². The summed E-state index contributed by atoms with van der Waals surface area (Å²) in [5.41, 5.74) is 3.57. The Hall–Kier alpha value is -2.40. The van der Waals surface area contributed by atoms with Crippen molar-refractivity contribution in [2.75, 3.05) is 0 Å². The number of imide groups is 1. The van der Waals surface area contributed by atoms with Crippen molar-refractivity contribution in [1.29, 1.82) is 0 Å². The van der Waals surface area contributed by atoms with Crippen molar-refractivity contribution in [2.45, 2.75) is 6.42 Å². The molecule has 4 nitrogen and oxygen atoms in total. The number of thioether (sulfide) groups is 1. The van der Waals surface area contributed by atoms with Crippen molar-refractivity contribution in [1.82, 2.24) is 10.3 Å². The van der Waals surface area contributed by atoms with Crippen molar-refractivity contribution >= 4 is 45.5 Å². The summed E-state index contributed by atoms with van der Waals surface area (Å²) in [6.07, 6.45) is 4.57. The second-order valence-corrected chi connectivity index (χ2v) is 5.85. The molecule has 0 saturated carbocycles. The number of carbonyl (C=O) groups excluding carboxylic acids is 2. The lowest BCUT2D eigenvalue weighted by Gasteiger charge is -2.15. The van der Waals surface area contributed by atoms with E-state index in [1.165, 1.54) is 0 Å². The van der Waals surface area contributed by atoms with Crippen molar-refractivity contribution in [3.63, 3.8) is 0 Å². The third kappa shape index (κ3) is 1.97. The number of benzene rings is 1. The molecule has 1 N–H and O–H groups in total. The Morgan fingerprint density at radius 3 is 2.86 bits per heavy atom. The molecule has 2 aromatic rings. The van der Waals surface area contributed by atoms with Gasteiger partial charge in [-0.2, -0.15) is 0 Å². The molecule has 0 atom stereocenters. The van der Waals surface area contributed by atoms with Gasteiger partial charge in [-0.05, 0) is 42.0 Å². The number of pyridine rings is 1. The molecule has 21 heavy (non-hydrogen) atoms. The standard InChI is InChI=1S/C16H10N2O2S/c19-15-14(21-16(20)18-15)10-5-3-7-13-11(10)8-9-4-1-2-6-12(9)17-13/h1-4,6-8H,5H2,(H,18,19,20). The number of hydrogen-bond donors (Lipinski definition) is 1. The topological polar surface area (TPSA) is 59.1 Å². The van der Waals surface area contributed by atoms with E-state index < -0.39 is 0 Å². The zero-order valence-electron chi connectivity index (χ0n) is 10.9. The molecule has 1 aliphatic heterocycles. The van der Waals surface area contributed by atoms with Gasteiger partial charge in [0.25, 0.3) is 11.1 Å². The van der Waals surface area contributed by atoms with E-state index in [0.717, 1.165) is 39.5 Å². The highest BCUT2D eigenvalue weighted by Crippen LogP contribution is 2.38. The molecular weight excluding hydrogens is 284 g/mol. The summed E-state index contributed by atoms with van der Waals surface area (Å²) in [4.78, 5) is 28.4. The van der Waals surface area contributed by atoms with Crippen LogP contribution in [0.1, 0.15) is 17.7 Å². The Morgan fingerprint density at radius 2 is 2.05 bits per heavy atom. The number of nitrogens with zero attached hydrogens (tertiary/aromatic N) is 1. The summed E-state index contributed by atoms with van der Waals surface area (Å²) in [5.74, 6) is -0.311. The molecule has 1 aromatic heterocycles. The maximum atomic E-state index is 11.9. The number of aromatic nitrogens is 1. The molecule has 2 heterocycles. The first-order valence-electron chi connectivity index (χ1n) is 6.55. The molecule has 4 rings (SSSR count). The molecule has 0 radical (unpaired) electrons. The number of fused-ring (bicyclic) bond motifs is 2. The van der Waals surface area contributed by atoms with Crippen LogP contribution in [0, 0.1) is 0 Å². The molecule has 0 unspecified atom stereocenters. The lowest BCUT2D eigenvalue weighted by Crippen LogP contribution is -2.18. The lowest BCUT2D eigenvalue weighted by molar-refractivity contribution is -0.115. The second-order valence-electron chi connectivity index (χ2n) is 4.87. The number of rotatable bonds is 0. The first-order chi connectivity index (χ1) is 10.2. The van der Waals surface area contributed by atoms with Crippen LogP contribution in [0.5, 0.6) is 0 Å². The van der Waals surface area contributed by atoms with Gasteiger partial charge in [-0.1, -0.05) is 24.3 Å². The quantitative estimate of drug-likeness (QED) is 0.757. The van der Waals surface area contributed by atoms with Crippen LogP contribution in [0.25, 0.3) is 22.6 Å². The first-order valence-corrected chi connectivity index (χ1v) is 7.37.